The van der Waals surface area contributed by atoms with Crippen LogP contribution in [-0.4, -0.2) is 89.0 Å². The molecule has 4 aromatic heterocycles. The number of aromatic nitrogens is 4. The van der Waals surface area contributed by atoms with Gasteiger partial charge in [0, 0.05) is 62.6 Å². The summed E-state index contributed by atoms with van der Waals surface area (Å²) in [5.41, 5.74) is 1.34. The van der Waals surface area contributed by atoms with Gasteiger partial charge in [-0.1, -0.05) is 37.0 Å². The lowest BCUT2D eigenvalue weighted by Crippen LogP contribution is -2.37. The molecule has 6 rings (SSSR count). The van der Waals surface area contributed by atoms with Crippen molar-refractivity contribution in [2.45, 2.75) is 62.2 Å². The molecule has 4 aromatic rings. The normalized spacial score (nSPS) is 15.8. The van der Waals surface area contributed by atoms with Crippen LogP contribution in [-0.2, 0) is 42.7 Å². The van der Waals surface area contributed by atoms with Gasteiger partial charge >= 0.3 is 11.9 Å². The Balaban J connectivity index is 0.000000204. The molecular weight excluding hydrogens is 763 g/mol. The molecule has 0 radical (unpaired) electrons. The smallest absolute Gasteiger partial charge is 0.308 e. The van der Waals surface area contributed by atoms with Crippen molar-refractivity contribution >= 4 is 69.3 Å². The van der Waals surface area contributed by atoms with Crippen molar-refractivity contribution in [3.63, 3.8) is 0 Å². The highest BCUT2D eigenvalue weighted by Gasteiger charge is 2.31. The van der Waals surface area contributed by atoms with E-state index in [0.717, 1.165) is 60.1 Å². The van der Waals surface area contributed by atoms with Crippen LogP contribution < -0.4 is 9.80 Å². The highest BCUT2D eigenvalue weighted by molar-refractivity contribution is 7.98. The summed E-state index contributed by atoms with van der Waals surface area (Å²) >= 11 is 14.8. The van der Waals surface area contributed by atoms with Gasteiger partial charge in [0.2, 0.25) is 11.8 Å². The number of thioether (sulfide) groups is 1. The maximum absolute atomic E-state index is 12.4. The predicted octanol–water partition coefficient (Wildman–Crippen LogP) is 7.14. The van der Waals surface area contributed by atoms with Crippen molar-refractivity contribution < 1.29 is 32.1 Å². The maximum Gasteiger partial charge on any atom is 0.308 e. The number of aryl methyl sites for hydroxylation is 2. The van der Waals surface area contributed by atoms with Crippen LogP contribution in [0.4, 0.5) is 11.6 Å². The Morgan fingerprint density at radius 3 is 1.60 bits per heavy atom. The fourth-order valence-electron chi connectivity index (χ4n) is 6.33. The second-order valence-electron chi connectivity index (χ2n) is 12.5. The summed E-state index contributed by atoms with van der Waals surface area (Å²) in [5, 5.41) is 0.934. The van der Waals surface area contributed by atoms with Gasteiger partial charge in [-0.15, -0.1) is 11.8 Å². The van der Waals surface area contributed by atoms with Crippen LogP contribution in [0.1, 0.15) is 51.1 Å². The first-order valence-corrected chi connectivity index (χ1v) is 20.9. The van der Waals surface area contributed by atoms with E-state index in [1.54, 1.807) is 42.8 Å². The Hall–Kier alpha value is -3.66. The summed E-state index contributed by atoms with van der Waals surface area (Å²) in [5.74, 6) is 3.30. The highest BCUT2D eigenvalue weighted by Crippen LogP contribution is 2.41. The number of pyridine rings is 2. The molecule has 2 fully saturated rings. The van der Waals surface area contributed by atoms with Crippen LogP contribution in [0.2, 0.25) is 10.0 Å². The van der Waals surface area contributed by atoms with Gasteiger partial charge in [-0.05, 0) is 31.9 Å². The molecule has 2 saturated heterocycles. The average Bonchev–Trinajstić information content (AvgIpc) is 3.88. The molecular formula is C36H44Cl2N6O7S2. The molecule has 0 amide bonds. The van der Waals surface area contributed by atoms with Gasteiger partial charge in [0.15, 0.2) is 0 Å². The second-order valence-corrected chi connectivity index (χ2v) is 15.4. The zero-order valence-corrected chi connectivity index (χ0v) is 33.8. The molecule has 53 heavy (non-hydrogen) atoms. The first-order valence-electron chi connectivity index (χ1n) is 17.3. The fraction of sp³-hybridized carbons (Fsp3) is 0.500. The number of esters is 2. The first-order chi connectivity index (χ1) is 25.5. The number of nitrogens with zero attached hydrogens (tertiary/aromatic N) is 6. The summed E-state index contributed by atoms with van der Waals surface area (Å²) in [7, 11) is 1.49. The van der Waals surface area contributed by atoms with Crippen molar-refractivity contribution in [2.24, 2.45) is 11.8 Å². The van der Waals surface area contributed by atoms with E-state index in [1.807, 2.05) is 25.0 Å². The SMILES string of the molecule is CCc1cnc(-c2cnc(N3CCC(C(=O)OC)CC3)c(Cl)c2S(C)=O)o1.CCc1cnc(-c2cnc(N3CCC(C(=O)OC)CC3)c(Cl)c2SC)o1. The van der Waals surface area contributed by atoms with Gasteiger partial charge in [-0.2, -0.15) is 0 Å². The number of ether oxygens (including phenoxy) is 2. The Morgan fingerprint density at radius 1 is 0.774 bits per heavy atom. The average molecular weight is 808 g/mol. The maximum atomic E-state index is 12.4. The number of oxazole rings is 2. The number of anilines is 2. The van der Waals surface area contributed by atoms with Gasteiger partial charge in [-0.25, -0.2) is 19.9 Å². The lowest BCUT2D eigenvalue weighted by Gasteiger charge is -2.32. The number of piperidine rings is 2. The van der Waals surface area contributed by atoms with Crippen LogP contribution >= 0.6 is 35.0 Å². The molecule has 0 spiro atoms. The molecule has 0 bridgehead atoms. The third-order valence-corrected chi connectivity index (χ3v) is 12.1. The largest absolute Gasteiger partial charge is 0.469 e. The molecule has 0 aliphatic carbocycles. The summed E-state index contributed by atoms with van der Waals surface area (Å²) in [6, 6.07) is 0. The summed E-state index contributed by atoms with van der Waals surface area (Å²) in [6.07, 6.45) is 14.6. The van der Waals surface area contributed by atoms with Crippen molar-refractivity contribution in [3.05, 3.63) is 46.4 Å². The van der Waals surface area contributed by atoms with E-state index in [-0.39, 0.29) is 23.8 Å². The molecule has 0 saturated carbocycles. The van der Waals surface area contributed by atoms with E-state index in [4.69, 9.17) is 41.5 Å². The zero-order chi connectivity index (χ0) is 38.2. The van der Waals surface area contributed by atoms with E-state index in [0.29, 0.717) is 70.5 Å². The van der Waals surface area contributed by atoms with E-state index in [2.05, 4.69) is 24.8 Å². The van der Waals surface area contributed by atoms with Crippen LogP contribution in [0.25, 0.3) is 22.9 Å². The Morgan fingerprint density at radius 2 is 1.21 bits per heavy atom. The fourth-order valence-corrected chi connectivity index (χ4v) is 8.85. The van der Waals surface area contributed by atoms with Gasteiger partial charge in [0.05, 0.1) is 70.3 Å². The number of carbonyl (C=O) groups excluding carboxylic acids is 2. The second kappa shape index (κ2) is 18.6. The molecule has 13 nitrogen and oxygen atoms in total. The Bertz CT molecular complexity index is 1920. The third-order valence-electron chi connectivity index (χ3n) is 9.33. The number of methoxy groups -OCH3 is 2. The van der Waals surface area contributed by atoms with Gasteiger partial charge in [-0.3, -0.25) is 13.8 Å². The molecule has 0 aromatic carbocycles. The number of carbonyl (C=O) groups is 2. The highest BCUT2D eigenvalue weighted by atomic mass is 35.5. The lowest BCUT2D eigenvalue weighted by atomic mass is 9.97. The van der Waals surface area contributed by atoms with E-state index < -0.39 is 10.8 Å². The summed E-state index contributed by atoms with van der Waals surface area (Å²) in [4.78, 5) is 46.6. The minimum Gasteiger partial charge on any atom is -0.469 e. The van der Waals surface area contributed by atoms with Gasteiger partial charge in [0.1, 0.15) is 28.2 Å². The van der Waals surface area contributed by atoms with Crippen molar-refractivity contribution in [1.29, 1.82) is 0 Å². The van der Waals surface area contributed by atoms with E-state index in [1.165, 1.54) is 14.2 Å². The quantitative estimate of drug-likeness (QED) is 0.118. The zero-order valence-electron chi connectivity index (χ0n) is 30.6. The molecule has 286 valence electrons. The number of rotatable bonds is 10. The van der Waals surface area contributed by atoms with Crippen molar-refractivity contribution in [3.8, 4) is 22.9 Å². The molecule has 1 atom stereocenters. The van der Waals surface area contributed by atoms with Gasteiger partial charge < -0.3 is 28.1 Å². The van der Waals surface area contributed by atoms with Crippen LogP contribution in [0.5, 0.6) is 0 Å². The minimum absolute atomic E-state index is 0.0471. The molecule has 6 heterocycles. The Labute approximate surface area is 326 Å². The van der Waals surface area contributed by atoms with Crippen LogP contribution in [0, 0.1) is 11.8 Å². The number of halogens is 2. The lowest BCUT2D eigenvalue weighted by molar-refractivity contribution is -0.146. The standard InChI is InChI=1S/C18H22ClN3O4S.C18H22ClN3O3S/c1-4-12-9-21-17(26-12)13-10-20-16(14(19)15(13)27(3)24)22-7-5-11(6-8-22)18(23)25-2;1-4-12-9-21-17(25-12)13-10-20-16(14(19)15(13)26-3)22-7-5-11(6-8-22)18(23)24-2/h9-11H,4-8H2,1-3H3;9-11H,4-8H2,1-3H3. The summed E-state index contributed by atoms with van der Waals surface area (Å²) in [6.45, 7) is 6.68. The van der Waals surface area contributed by atoms with E-state index >= 15 is 0 Å². The summed E-state index contributed by atoms with van der Waals surface area (Å²) < 4.78 is 33.5. The number of hydrogen-bond donors (Lipinski definition) is 0. The third kappa shape index (κ3) is 9.18. The van der Waals surface area contributed by atoms with Crippen molar-refractivity contribution in [2.75, 3.05) is 62.7 Å². The number of hydrogen-bond acceptors (Lipinski definition) is 14. The van der Waals surface area contributed by atoms with Crippen molar-refractivity contribution in [1.82, 2.24) is 19.9 Å². The molecule has 17 heteroatoms. The molecule has 1 unspecified atom stereocenters. The first kappa shape index (κ1) is 40.5. The topological polar surface area (TPSA) is 154 Å². The van der Waals surface area contributed by atoms with Crippen LogP contribution in [0.15, 0.2) is 43.4 Å². The van der Waals surface area contributed by atoms with Gasteiger partial charge in [0.25, 0.3) is 0 Å². The van der Waals surface area contributed by atoms with Crippen LogP contribution in [0.3, 0.4) is 0 Å². The molecule has 0 N–H and O–H groups in total. The minimum atomic E-state index is -1.35. The predicted molar refractivity (Wildman–Crippen MR) is 206 cm³/mol. The molecule has 2 aliphatic heterocycles. The Kier molecular flexibility index (Phi) is 14.2. The van der Waals surface area contributed by atoms with E-state index in [9.17, 15) is 13.8 Å². The molecule has 2 aliphatic rings. The monoisotopic (exact) mass is 806 g/mol.